The molecular weight excluding hydrogens is 264 g/mol. The molecule has 0 aromatic carbocycles. The molecule has 0 aliphatic rings. The first-order valence-electron chi connectivity index (χ1n) is 0.183. The van der Waals surface area contributed by atoms with E-state index in [1.807, 2.05) is 0 Å². The van der Waals surface area contributed by atoms with E-state index in [4.69, 9.17) is 10.5 Å². The van der Waals surface area contributed by atoms with Crippen molar-refractivity contribution in [3.8, 4) is 0 Å². The van der Waals surface area contributed by atoms with E-state index in [0.29, 0.717) is 0 Å². The molecule has 0 aliphatic heterocycles. The van der Waals surface area contributed by atoms with Crippen LogP contribution in [0.1, 0.15) is 0 Å². The Morgan fingerprint density at radius 2 is 1.00 bits per heavy atom. The van der Waals surface area contributed by atoms with Gasteiger partial charge < -0.3 is 26.9 Å². The predicted octanol–water partition coefficient (Wildman–Crippen LogP) is -3.01. The standard InChI is InChI=1S/H2O2.3H2O.W/c1-2;;;;/h1-2H;3*1H2;/q;;;;+2/p-2. The van der Waals surface area contributed by atoms with Crippen LogP contribution < -0.4 is 5.26 Å². The second-order valence-electron chi connectivity index (χ2n) is 0. The average Bonchev–Trinajstić information content (AvgIpc) is 1.00. The summed E-state index contributed by atoms with van der Waals surface area (Å²) in [4.78, 5) is 0. The normalized spacial score (nSPS) is 1.00. The Hall–Kier alpha value is 0.488. The van der Waals surface area contributed by atoms with Crippen molar-refractivity contribution in [1.82, 2.24) is 0 Å². The van der Waals surface area contributed by atoms with Gasteiger partial charge in [-0.25, -0.2) is 0 Å². The van der Waals surface area contributed by atoms with Gasteiger partial charge in [0.25, 0.3) is 0 Å². The van der Waals surface area contributed by atoms with Crippen molar-refractivity contribution in [3.63, 3.8) is 0 Å². The molecule has 0 unspecified atom stereocenters. The molecule has 0 atom stereocenters. The van der Waals surface area contributed by atoms with Gasteiger partial charge in [0.1, 0.15) is 0 Å². The summed E-state index contributed by atoms with van der Waals surface area (Å²) in [5.74, 6) is 0. The summed E-state index contributed by atoms with van der Waals surface area (Å²) in [7, 11) is 0. The second kappa shape index (κ2) is 464. The van der Waals surface area contributed by atoms with Crippen molar-refractivity contribution in [2.75, 3.05) is 0 Å². The molecule has 0 amide bonds. The summed E-state index contributed by atoms with van der Waals surface area (Å²) in [6, 6.07) is 0. The Balaban J connectivity index is -0.000000000833. The van der Waals surface area contributed by atoms with Gasteiger partial charge in [0, 0.05) is 0 Å². The molecule has 0 bridgehead atoms. The summed E-state index contributed by atoms with van der Waals surface area (Å²) in [5, 5.41) is 13.0. The zero-order valence-electron chi connectivity index (χ0n) is 2.71. The fourth-order valence-corrected chi connectivity index (χ4v) is 0. The summed E-state index contributed by atoms with van der Waals surface area (Å²) in [6.45, 7) is 0. The molecule has 0 spiro atoms. The minimum absolute atomic E-state index is 0. The van der Waals surface area contributed by atoms with Gasteiger partial charge in [0.2, 0.25) is 0 Å². The summed E-state index contributed by atoms with van der Waals surface area (Å²) < 4.78 is 0. The SMILES string of the molecule is O.O.[O-]O.[OH-].[W+2]. The Labute approximate surface area is 48.7 Å². The van der Waals surface area contributed by atoms with E-state index >= 15 is 0 Å². The van der Waals surface area contributed by atoms with Gasteiger partial charge >= 0.3 is 21.1 Å². The third kappa shape index (κ3) is 229. The van der Waals surface area contributed by atoms with Crippen molar-refractivity contribution in [3.05, 3.63) is 0 Å². The van der Waals surface area contributed by atoms with Crippen LogP contribution in [0.25, 0.3) is 0 Å². The van der Waals surface area contributed by atoms with E-state index < -0.39 is 0 Å². The van der Waals surface area contributed by atoms with Crippen LogP contribution in [0.2, 0.25) is 0 Å². The van der Waals surface area contributed by atoms with E-state index in [1.165, 1.54) is 0 Å². The van der Waals surface area contributed by atoms with E-state index in [-0.39, 0.29) is 37.5 Å². The number of hydrogen-bond donors (Lipinski definition) is 1. The molecule has 0 saturated heterocycles. The smallest absolute Gasteiger partial charge is 0.870 e. The van der Waals surface area contributed by atoms with Crippen molar-refractivity contribution < 1.29 is 48.0 Å². The van der Waals surface area contributed by atoms with Crippen LogP contribution in [-0.4, -0.2) is 21.7 Å². The Kier molecular flexibility index (Phi) is 6820. The van der Waals surface area contributed by atoms with E-state index in [0.717, 1.165) is 0 Å². The van der Waals surface area contributed by atoms with Crippen LogP contribution in [0, 0.1) is 0 Å². The van der Waals surface area contributed by atoms with Gasteiger partial charge in [-0.2, -0.15) is 0 Å². The Morgan fingerprint density at radius 1 is 1.00 bits per heavy atom. The van der Waals surface area contributed by atoms with Gasteiger partial charge in [-0.3, -0.25) is 0 Å². The zero-order chi connectivity index (χ0) is 2.00. The Morgan fingerprint density at radius 3 is 1.00 bits per heavy atom. The monoisotopic (exact) mass is 270 g/mol. The summed E-state index contributed by atoms with van der Waals surface area (Å²) in [6.07, 6.45) is 0. The van der Waals surface area contributed by atoms with Crippen molar-refractivity contribution in [2.45, 2.75) is 0 Å². The minimum Gasteiger partial charge on any atom is -0.870 e. The zero-order valence-corrected chi connectivity index (χ0v) is 5.64. The Bertz CT molecular complexity index is 3.90. The van der Waals surface area contributed by atoms with Gasteiger partial charge in [0.15, 0.2) is 0 Å². The first-order valence-corrected chi connectivity index (χ1v) is 0.183. The first-order chi connectivity index (χ1) is 1.00. The molecule has 0 heterocycles. The van der Waals surface area contributed by atoms with Crippen LogP contribution in [0.3, 0.4) is 0 Å². The third-order valence-electron chi connectivity index (χ3n) is 0. The van der Waals surface area contributed by atoms with Crippen LogP contribution in [-0.2, 0) is 21.1 Å². The van der Waals surface area contributed by atoms with Crippen molar-refractivity contribution >= 4 is 0 Å². The molecular formula is H6O5W. The number of rotatable bonds is 0. The average molecular weight is 270 g/mol. The van der Waals surface area contributed by atoms with E-state index in [2.05, 4.69) is 0 Å². The molecule has 5 nitrogen and oxygen atoms in total. The van der Waals surface area contributed by atoms with Crippen LogP contribution in [0.4, 0.5) is 0 Å². The minimum atomic E-state index is 0. The topological polar surface area (TPSA) is 136 Å². The van der Waals surface area contributed by atoms with Crippen molar-refractivity contribution in [1.29, 1.82) is 0 Å². The fraction of sp³-hybridized carbons (Fsp3) is 0. The molecule has 0 saturated carbocycles. The van der Waals surface area contributed by atoms with Crippen molar-refractivity contribution in [2.24, 2.45) is 0 Å². The van der Waals surface area contributed by atoms with Crippen LogP contribution in [0.15, 0.2) is 0 Å². The first kappa shape index (κ1) is 88.2. The molecule has 0 aromatic rings. The van der Waals surface area contributed by atoms with Crippen LogP contribution >= 0.6 is 0 Å². The molecule has 0 radical (unpaired) electrons. The molecule has 6 N–H and O–H groups in total. The van der Waals surface area contributed by atoms with Gasteiger partial charge in [0.05, 0.1) is 0 Å². The largest absolute Gasteiger partial charge is 2.00 e. The molecule has 42 valence electrons. The van der Waals surface area contributed by atoms with Gasteiger partial charge in [-0.1, -0.05) is 0 Å². The quantitative estimate of drug-likeness (QED) is 0.370. The maximum Gasteiger partial charge on any atom is 2.00 e. The molecule has 0 rings (SSSR count). The molecule has 0 aliphatic carbocycles. The molecule has 6 heavy (non-hydrogen) atoms. The molecule has 0 aromatic heterocycles. The third-order valence-corrected chi connectivity index (χ3v) is 0. The maximum absolute atomic E-state index is 7.25. The maximum atomic E-state index is 7.25. The van der Waals surface area contributed by atoms with Gasteiger partial charge in [-0.15, -0.1) is 0 Å². The number of hydrogen-bond acceptors (Lipinski definition) is 3. The predicted molar refractivity (Wildman–Crippen MR) is 11.8 cm³/mol. The molecule has 6 heteroatoms. The van der Waals surface area contributed by atoms with Crippen LogP contribution in [0.5, 0.6) is 0 Å². The van der Waals surface area contributed by atoms with Gasteiger partial charge in [-0.05, 0) is 0 Å². The van der Waals surface area contributed by atoms with E-state index in [9.17, 15) is 0 Å². The summed E-state index contributed by atoms with van der Waals surface area (Å²) in [5.41, 5.74) is 0. The fourth-order valence-electron chi connectivity index (χ4n) is 0. The molecule has 0 fully saturated rings. The summed E-state index contributed by atoms with van der Waals surface area (Å²) >= 11 is 0. The van der Waals surface area contributed by atoms with E-state index in [1.54, 1.807) is 0 Å². The second-order valence-corrected chi connectivity index (χ2v) is 0.